The Morgan fingerprint density at radius 2 is 1.83 bits per heavy atom. The number of carbonyl (C=O) groups excluding carboxylic acids is 2. The molecule has 0 bridgehead atoms. The predicted molar refractivity (Wildman–Crippen MR) is 84.5 cm³/mol. The minimum atomic E-state index is -1.49. The summed E-state index contributed by atoms with van der Waals surface area (Å²) in [6.45, 7) is 5.45. The number of carbonyl (C=O) groups is 2. The largest absolute Gasteiger partial charge is 0.468 e. The number of benzene rings is 1. The van der Waals surface area contributed by atoms with Crippen LogP contribution in [0.25, 0.3) is 0 Å². The van der Waals surface area contributed by atoms with Crippen molar-refractivity contribution in [3.63, 3.8) is 0 Å². The normalized spacial score (nSPS) is 23.0. The van der Waals surface area contributed by atoms with Gasteiger partial charge < -0.3 is 9.47 Å². The van der Waals surface area contributed by atoms with E-state index in [1.165, 1.54) is 14.2 Å². The lowest BCUT2D eigenvalue weighted by atomic mass is 9.74. The molecule has 23 heavy (non-hydrogen) atoms. The van der Waals surface area contributed by atoms with Gasteiger partial charge in [-0.05, 0) is 19.1 Å². The van der Waals surface area contributed by atoms with Crippen LogP contribution in [0.5, 0.6) is 0 Å². The van der Waals surface area contributed by atoms with Gasteiger partial charge in [0.25, 0.3) is 0 Å². The zero-order valence-corrected chi connectivity index (χ0v) is 13.5. The molecule has 2 rings (SSSR count). The van der Waals surface area contributed by atoms with Gasteiger partial charge in [-0.1, -0.05) is 24.3 Å². The minimum Gasteiger partial charge on any atom is -0.468 e. The maximum absolute atomic E-state index is 12.5. The van der Waals surface area contributed by atoms with E-state index in [0.717, 1.165) is 5.69 Å². The lowest BCUT2D eigenvalue weighted by Gasteiger charge is -2.47. The van der Waals surface area contributed by atoms with E-state index < -0.39 is 29.5 Å². The lowest BCUT2D eigenvalue weighted by Crippen LogP contribution is -2.62. The molecule has 0 radical (unpaired) electrons. The molecule has 1 aliphatic rings. The van der Waals surface area contributed by atoms with Gasteiger partial charge in [-0.3, -0.25) is 14.4 Å². The van der Waals surface area contributed by atoms with E-state index in [9.17, 15) is 9.59 Å². The first kappa shape index (κ1) is 17.0. The van der Waals surface area contributed by atoms with E-state index >= 15 is 0 Å². The number of nitrogens with zero attached hydrogens (tertiary/aromatic N) is 1. The second-order valence-corrected chi connectivity index (χ2v) is 5.38. The van der Waals surface area contributed by atoms with Gasteiger partial charge in [0.15, 0.2) is 5.41 Å². The van der Waals surface area contributed by atoms with Crippen LogP contribution in [0.1, 0.15) is 13.3 Å². The van der Waals surface area contributed by atoms with Crippen LogP contribution in [-0.4, -0.2) is 38.3 Å². The van der Waals surface area contributed by atoms with E-state index in [2.05, 4.69) is 6.58 Å². The van der Waals surface area contributed by atoms with Crippen LogP contribution in [0, 0.1) is 5.41 Å². The molecule has 0 aliphatic carbocycles. The number of methoxy groups -OCH3 is 2. The summed E-state index contributed by atoms with van der Waals surface area (Å²) in [4.78, 5) is 30.9. The van der Waals surface area contributed by atoms with E-state index in [1.807, 2.05) is 30.3 Å². The van der Waals surface area contributed by atoms with Crippen LogP contribution in [0.4, 0.5) is 5.69 Å². The quantitative estimate of drug-likeness (QED) is 0.481. The van der Waals surface area contributed by atoms with Crippen LogP contribution < -0.4 is 5.06 Å². The SMILES string of the molecule is C=CC1CC(C(=O)OC)(C(=O)OC)C(C)N(c2ccccc2)O1. The summed E-state index contributed by atoms with van der Waals surface area (Å²) in [6, 6.07) is 8.63. The smallest absolute Gasteiger partial charge is 0.325 e. The number of hydrogen-bond donors (Lipinski definition) is 0. The first-order valence-electron chi connectivity index (χ1n) is 7.31. The third-order valence-corrected chi connectivity index (χ3v) is 4.21. The van der Waals surface area contributed by atoms with Crippen molar-refractivity contribution in [2.75, 3.05) is 19.3 Å². The van der Waals surface area contributed by atoms with Crippen molar-refractivity contribution in [3.05, 3.63) is 43.0 Å². The highest BCUT2D eigenvalue weighted by Crippen LogP contribution is 2.42. The fourth-order valence-electron chi connectivity index (χ4n) is 2.90. The van der Waals surface area contributed by atoms with Gasteiger partial charge in [-0.25, -0.2) is 5.06 Å². The number of rotatable bonds is 4. The van der Waals surface area contributed by atoms with Crippen LogP contribution in [0.3, 0.4) is 0 Å². The molecule has 0 spiro atoms. The Morgan fingerprint density at radius 3 is 2.30 bits per heavy atom. The molecular formula is C17H21NO5. The van der Waals surface area contributed by atoms with Crippen molar-refractivity contribution in [2.24, 2.45) is 5.41 Å². The topological polar surface area (TPSA) is 65.1 Å². The maximum Gasteiger partial charge on any atom is 0.325 e. The molecular weight excluding hydrogens is 298 g/mol. The molecule has 6 nitrogen and oxygen atoms in total. The highest BCUT2D eigenvalue weighted by molar-refractivity contribution is 6.01. The van der Waals surface area contributed by atoms with Crippen LogP contribution >= 0.6 is 0 Å². The summed E-state index contributed by atoms with van der Waals surface area (Å²) in [5.41, 5.74) is -0.764. The number of para-hydroxylation sites is 1. The van der Waals surface area contributed by atoms with Gasteiger partial charge in [-0.15, -0.1) is 6.58 Å². The van der Waals surface area contributed by atoms with Crippen LogP contribution in [0.2, 0.25) is 0 Å². The Labute approximate surface area is 135 Å². The molecule has 124 valence electrons. The molecule has 2 atom stereocenters. The molecule has 1 heterocycles. The molecule has 0 N–H and O–H groups in total. The molecule has 1 aromatic rings. The molecule has 1 fully saturated rings. The summed E-state index contributed by atoms with van der Waals surface area (Å²) < 4.78 is 9.81. The summed E-state index contributed by atoms with van der Waals surface area (Å²) in [6.07, 6.45) is 1.15. The predicted octanol–water partition coefficient (Wildman–Crippen LogP) is 2.10. The Morgan fingerprint density at radius 1 is 1.26 bits per heavy atom. The first-order valence-corrected chi connectivity index (χ1v) is 7.31. The van der Waals surface area contributed by atoms with Gasteiger partial charge in [0.2, 0.25) is 0 Å². The second kappa shape index (κ2) is 6.83. The zero-order valence-electron chi connectivity index (χ0n) is 13.5. The Balaban J connectivity index is 2.54. The minimum absolute atomic E-state index is 0.111. The first-order chi connectivity index (χ1) is 11.0. The van der Waals surface area contributed by atoms with E-state index in [-0.39, 0.29) is 6.42 Å². The third-order valence-electron chi connectivity index (χ3n) is 4.21. The fourth-order valence-corrected chi connectivity index (χ4v) is 2.90. The number of anilines is 1. The van der Waals surface area contributed by atoms with E-state index in [1.54, 1.807) is 18.1 Å². The fraction of sp³-hybridized carbons (Fsp3) is 0.412. The molecule has 0 saturated carbocycles. The second-order valence-electron chi connectivity index (χ2n) is 5.38. The summed E-state index contributed by atoms with van der Waals surface area (Å²) in [5.74, 6) is -1.29. The van der Waals surface area contributed by atoms with Crippen LogP contribution in [-0.2, 0) is 23.9 Å². The van der Waals surface area contributed by atoms with Gasteiger partial charge in [0.1, 0.15) is 6.10 Å². The van der Waals surface area contributed by atoms with Gasteiger partial charge in [-0.2, -0.15) is 0 Å². The molecule has 0 aromatic heterocycles. The van der Waals surface area contributed by atoms with Crippen molar-refractivity contribution in [3.8, 4) is 0 Å². The van der Waals surface area contributed by atoms with E-state index in [0.29, 0.717) is 0 Å². The Hall–Kier alpha value is -2.34. The van der Waals surface area contributed by atoms with Crippen molar-refractivity contribution in [1.82, 2.24) is 0 Å². The van der Waals surface area contributed by atoms with Crippen molar-refractivity contribution < 1.29 is 23.9 Å². The van der Waals surface area contributed by atoms with Gasteiger partial charge in [0.05, 0.1) is 25.9 Å². The molecule has 1 aliphatic heterocycles. The van der Waals surface area contributed by atoms with Gasteiger partial charge in [0, 0.05) is 6.42 Å². The average Bonchev–Trinajstić information content (AvgIpc) is 2.61. The number of hydroxylamine groups is 1. The standard InChI is InChI=1S/C17H21NO5/c1-5-14-11-17(15(19)21-3,16(20)22-4)12(2)18(23-14)13-9-7-6-8-10-13/h5-10,12,14H,1,11H2,2-4H3. The maximum atomic E-state index is 12.5. The lowest BCUT2D eigenvalue weighted by molar-refractivity contribution is -0.182. The Kier molecular flexibility index (Phi) is 5.05. The Bertz CT molecular complexity index is 570. The van der Waals surface area contributed by atoms with Crippen LogP contribution in [0.15, 0.2) is 43.0 Å². The van der Waals surface area contributed by atoms with Crippen molar-refractivity contribution in [2.45, 2.75) is 25.5 Å². The molecule has 6 heteroatoms. The molecule has 1 aromatic carbocycles. The van der Waals surface area contributed by atoms with Gasteiger partial charge >= 0.3 is 11.9 Å². The highest BCUT2D eigenvalue weighted by atomic mass is 16.7. The van der Waals surface area contributed by atoms with Crippen molar-refractivity contribution >= 4 is 17.6 Å². The summed E-state index contributed by atoms with van der Waals surface area (Å²) >= 11 is 0. The molecule has 0 amide bonds. The zero-order chi connectivity index (χ0) is 17.0. The van der Waals surface area contributed by atoms with E-state index in [4.69, 9.17) is 14.3 Å². The summed E-state index contributed by atoms with van der Waals surface area (Å²) in [5, 5.41) is 1.55. The molecule has 1 saturated heterocycles. The third kappa shape index (κ3) is 2.82. The number of esters is 2. The van der Waals surface area contributed by atoms with Crippen molar-refractivity contribution in [1.29, 1.82) is 0 Å². The number of ether oxygens (including phenoxy) is 2. The average molecular weight is 319 g/mol. The number of hydrogen-bond acceptors (Lipinski definition) is 6. The summed E-state index contributed by atoms with van der Waals surface area (Å²) in [7, 11) is 2.51. The molecule has 2 unspecified atom stereocenters. The highest BCUT2D eigenvalue weighted by Gasteiger charge is 2.59. The monoisotopic (exact) mass is 319 g/mol.